The normalized spacial score (nSPS) is 10.4. The van der Waals surface area contributed by atoms with Gasteiger partial charge in [-0.15, -0.1) is 10.2 Å². The molecule has 0 atom stereocenters. The zero-order chi connectivity index (χ0) is 15.1. The number of aromatic nitrogens is 3. The Morgan fingerprint density at radius 2 is 2.24 bits per heavy atom. The fraction of sp³-hybridized carbons (Fsp3) is 0.357. The third kappa shape index (κ3) is 4.22. The van der Waals surface area contributed by atoms with Gasteiger partial charge in [-0.05, 0) is 13.0 Å². The highest BCUT2D eigenvalue weighted by molar-refractivity contribution is 7.99. The van der Waals surface area contributed by atoms with Crippen molar-refractivity contribution in [2.24, 2.45) is 0 Å². The van der Waals surface area contributed by atoms with Crippen molar-refractivity contribution in [1.29, 1.82) is 0 Å². The second-order valence-electron chi connectivity index (χ2n) is 4.28. The number of hydrogen-bond acceptors (Lipinski definition) is 5. The van der Waals surface area contributed by atoms with Crippen LogP contribution >= 0.6 is 11.8 Å². The van der Waals surface area contributed by atoms with Gasteiger partial charge in [0.1, 0.15) is 12.1 Å². The second-order valence-corrected chi connectivity index (χ2v) is 5.22. The molecule has 0 spiro atoms. The fourth-order valence-electron chi connectivity index (χ4n) is 1.80. The summed E-state index contributed by atoms with van der Waals surface area (Å²) in [6.07, 6.45) is 1.66. The van der Waals surface area contributed by atoms with Crippen LogP contribution in [0.4, 0.5) is 0 Å². The Balaban J connectivity index is 1.82. The number of para-hydroxylation sites is 1. The van der Waals surface area contributed by atoms with Gasteiger partial charge in [0, 0.05) is 18.7 Å². The van der Waals surface area contributed by atoms with Gasteiger partial charge in [-0.1, -0.05) is 30.0 Å². The Labute approximate surface area is 127 Å². The highest BCUT2D eigenvalue weighted by Crippen LogP contribution is 2.17. The molecule has 2 rings (SSSR count). The van der Waals surface area contributed by atoms with Crippen LogP contribution in [-0.4, -0.2) is 33.5 Å². The van der Waals surface area contributed by atoms with Crippen LogP contribution in [0.3, 0.4) is 0 Å². The van der Waals surface area contributed by atoms with Crippen molar-refractivity contribution in [2.45, 2.75) is 25.2 Å². The van der Waals surface area contributed by atoms with E-state index >= 15 is 0 Å². The molecule has 0 saturated heterocycles. The molecule has 0 aliphatic heterocycles. The fourth-order valence-corrected chi connectivity index (χ4v) is 2.61. The van der Waals surface area contributed by atoms with Crippen molar-refractivity contribution < 1.29 is 9.53 Å². The number of methoxy groups -OCH3 is 1. The Morgan fingerprint density at radius 1 is 1.43 bits per heavy atom. The van der Waals surface area contributed by atoms with Gasteiger partial charge in [-0.25, -0.2) is 0 Å². The lowest BCUT2D eigenvalue weighted by atomic mass is 10.2. The van der Waals surface area contributed by atoms with Gasteiger partial charge in [0.05, 0.1) is 12.9 Å². The molecule has 1 aromatic heterocycles. The van der Waals surface area contributed by atoms with Gasteiger partial charge in [0.15, 0.2) is 5.16 Å². The first-order valence-electron chi connectivity index (χ1n) is 6.63. The maximum absolute atomic E-state index is 11.9. The zero-order valence-corrected chi connectivity index (χ0v) is 12.9. The number of hydrogen-bond donors (Lipinski definition) is 1. The Bertz CT molecular complexity index is 600. The predicted octanol–water partition coefficient (Wildman–Crippen LogP) is 1.72. The highest BCUT2D eigenvalue weighted by Gasteiger charge is 2.08. The van der Waals surface area contributed by atoms with Gasteiger partial charge >= 0.3 is 0 Å². The summed E-state index contributed by atoms with van der Waals surface area (Å²) in [5.74, 6) is 1.04. The van der Waals surface area contributed by atoms with Crippen LogP contribution < -0.4 is 10.1 Å². The predicted molar refractivity (Wildman–Crippen MR) is 81.3 cm³/mol. The molecule has 0 aliphatic carbocycles. The average molecular weight is 306 g/mol. The average Bonchev–Trinajstić information content (AvgIpc) is 2.98. The summed E-state index contributed by atoms with van der Waals surface area (Å²) in [5, 5.41) is 11.4. The molecule has 0 aliphatic rings. The van der Waals surface area contributed by atoms with E-state index in [-0.39, 0.29) is 5.91 Å². The molecule has 0 saturated carbocycles. The van der Waals surface area contributed by atoms with E-state index in [1.165, 1.54) is 11.8 Å². The lowest BCUT2D eigenvalue weighted by Crippen LogP contribution is -2.25. The molecule has 2 aromatic rings. The monoisotopic (exact) mass is 306 g/mol. The summed E-state index contributed by atoms with van der Waals surface area (Å²) in [4.78, 5) is 11.9. The van der Waals surface area contributed by atoms with Crippen LogP contribution in [0.15, 0.2) is 35.7 Å². The van der Waals surface area contributed by atoms with E-state index in [4.69, 9.17) is 4.74 Å². The third-order valence-corrected chi connectivity index (χ3v) is 3.90. The first kappa shape index (κ1) is 15.4. The van der Waals surface area contributed by atoms with Crippen molar-refractivity contribution in [3.8, 4) is 5.75 Å². The van der Waals surface area contributed by atoms with E-state index in [2.05, 4.69) is 15.5 Å². The number of ether oxygens (including phenoxy) is 1. The SMILES string of the molecule is CCn1cnnc1SCC(=O)NCc1ccccc1OC. The highest BCUT2D eigenvalue weighted by atomic mass is 32.2. The maximum atomic E-state index is 11.9. The summed E-state index contributed by atoms with van der Waals surface area (Å²) in [5.41, 5.74) is 0.954. The molecule has 1 heterocycles. The Hall–Kier alpha value is -2.02. The third-order valence-electron chi connectivity index (χ3n) is 2.92. The van der Waals surface area contributed by atoms with Crippen molar-refractivity contribution in [1.82, 2.24) is 20.1 Å². The number of nitrogens with zero attached hydrogens (tertiary/aromatic N) is 3. The standard InChI is InChI=1S/C14H18N4O2S/c1-3-18-10-16-17-14(18)21-9-13(19)15-8-11-6-4-5-7-12(11)20-2/h4-7,10H,3,8-9H2,1-2H3,(H,15,19). The smallest absolute Gasteiger partial charge is 0.230 e. The first-order valence-corrected chi connectivity index (χ1v) is 7.62. The summed E-state index contributed by atoms with van der Waals surface area (Å²) in [7, 11) is 1.62. The molecule has 0 fully saturated rings. The number of rotatable bonds is 7. The number of carbonyl (C=O) groups excluding carboxylic acids is 1. The summed E-state index contributed by atoms with van der Waals surface area (Å²) >= 11 is 1.38. The van der Waals surface area contributed by atoms with Crippen LogP contribution in [0.5, 0.6) is 5.75 Å². The number of benzene rings is 1. The number of carbonyl (C=O) groups is 1. The van der Waals surface area contributed by atoms with E-state index in [9.17, 15) is 4.79 Å². The maximum Gasteiger partial charge on any atom is 0.230 e. The van der Waals surface area contributed by atoms with Gasteiger partial charge < -0.3 is 14.6 Å². The topological polar surface area (TPSA) is 69.0 Å². The molecule has 112 valence electrons. The van der Waals surface area contributed by atoms with Gasteiger partial charge in [-0.2, -0.15) is 0 Å². The number of nitrogens with one attached hydrogen (secondary N) is 1. The van der Waals surface area contributed by atoms with E-state index in [1.807, 2.05) is 35.8 Å². The zero-order valence-electron chi connectivity index (χ0n) is 12.1. The molecule has 21 heavy (non-hydrogen) atoms. The minimum absolute atomic E-state index is 0.0449. The summed E-state index contributed by atoms with van der Waals surface area (Å²) < 4.78 is 7.15. The first-order chi connectivity index (χ1) is 10.2. The van der Waals surface area contributed by atoms with E-state index in [1.54, 1.807) is 13.4 Å². The van der Waals surface area contributed by atoms with E-state index < -0.39 is 0 Å². The van der Waals surface area contributed by atoms with Crippen LogP contribution in [-0.2, 0) is 17.9 Å². The van der Waals surface area contributed by atoms with Gasteiger partial charge in [-0.3, -0.25) is 4.79 Å². The van der Waals surface area contributed by atoms with Crippen LogP contribution in [0.2, 0.25) is 0 Å². The van der Waals surface area contributed by atoms with Crippen LogP contribution in [0.25, 0.3) is 0 Å². The van der Waals surface area contributed by atoms with Crippen LogP contribution in [0, 0.1) is 0 Å². The summed E-state index contributed by atoms with van der Waals surface area (Å²) in [6, 6.07) is 7.62. The number of aryl methyl sites for hydroxylation is 1. The number of amides is 1. The molecular formula is C14H18N4O2S. The van der Waals surface area contributed by atoms with Gasteiger partial charge in [0.25, 0.3) is 0 Å². The van der Waals surface area contributed by atoms with E-state index in [0.717, 1.165) is 23.0 Å². The van der Waals surface area contributed by atoms with Crippen molar-refractivity contribution >= 4 is 17.7 Å². The van der Waals surface area contributed by atoms with Crippen molar-refractivity contribution in [2.75, 3.05) is 12.9 Å². The van der Waals surface area contributed by atoms with Crippen molar-refractivity contribution in [3.63, 3.8) is 0 Å². The minimum Gasteiger partial charge on any atom is -0.496 e. The van der Waals surface area contributed by atoms with Crippen molar-refractivity contribution in [3.05, 3.63) is 36.2 Å². The molecule has 7 heteroatoms. The lowest BCUT2D eigenvalue weighted by Gasteiger charge is -2.09. The second kappa shape index (κ2) is 7.68. The molecule has 1 amide bonds. The molecule has 1 aromatic carbocycles. The Kier molecular flexibility index (Phi) is 5.62. The largest absolute Gasteiger partial charge is 0.496 e. The molecule has 6 nitrogen and oxygen atoms in total. The number of thioether (sulfide) groups is 1. The van der Waals surface area contributed by atoms with E-state index in [0.29, 0.717) is 12.3 Å². The molecule has 0 bridgehead atoms. The lowest BCUT2D eigenvalue weighted by molar-refractivity contribution is -0.118. The Morgan fingerprint density at radius 3 is 3.00 bits per heavy atom. The molecule has 0 radical (unpaired) electrons. The quantitative estimate of drug-likeness (QED) is 0.789. The minimum atomic E-state index is -0.0449. The van der Waals surface area contributed by atoms with Crippen LogP contribution in [0.1, 0.15) is 12.5 Å². The molecular weight excluding hydrogens is 288 g/mol. The van der Waals surface area contributed by atoms with Gasteiger partial charge in [0.2, 0.25) is 5.91 Å². The summed E-state index contributed by atoms with van der Waals surface area (Å²) in [6.45, 7) is 3.25. The molecule has 1 N–H and O–H groups in total. The molecule has 0 unspecified atom stereocenters.